The summed E-state index contributed by atoms with van der Waals surface area (Å²) in [6.45, 7) is 1.68. The van der Waals surface area contributed by atoms with Gasteiger partial charge < -0.3 is 89.9 Å². The SMILES string of the molecule is CC/C=C\C/C=C\C/C=C\C/C=C\C/C=C\C/C=C\C/C=C\C/C=C\C/C=C\CCCCCCCCCCCCCCCC(=O)NC(COC1OC(CO)C(OC2OC(CO)C(OC3OC(CO)C(O)C(O)C3O)C(O)C2O)C(O)C1O)C(O)CCCCCCCCCCCCCCCC. The topological polar surface area (TPSA) is 307 Å². The van der Waals surface area contributed by atoms with Crippen molar-refractivity contribution in [3.05, 3.63) is 109 Å². The third-order valence-electron chi connectivity index (χ3n) is 18.9. The number of aliphatic hydroxyl groups is 11. The molecule has 17 atom stereocenters. The first kappa shape index (κ1) is 90.7. The first-order chi connectivity index (χ1) is 48.8. The molecule has 0 aromatic rings. The van der Waals surface area contributed by atoms with Gasteiger partial charge in [0.2, 0.25) is 5.91 Å². The standard InChI is InChI=1S/C81H139NO18/c1-3-5-7-9-11-13-15-17-19-20-21-22-23-24-25-26-27-28-29-30-31-32-33-34-35-36-37-38-39-40-41-42-43-44-45-47-49-51-53-55-57-59-69(87)82-64(65(86)58-56-54-52-50-48-46-18-16-14-12-10-8-6-4-2)63-95-79-75(93)72(90)77(67(61-84)97-79)100-81-76(94)73(91)78(68(62-85)98-81)99-80-74(92)71(89)70(88)66(60-83)96-80/h5,7,11,13,17,19,21-22,24-25,27-28,30-31,33-34,36-37,64-68,70-81,83-86,88-94H,3-4,6,8-10,12,14-16,18,20,23,26,29,32,35,38-63H2,1-2H3,(H,82,87)/b7-5-,13-11-,19-17-,22-21-,25-24-,28-27-,31-30-,34-33-,37-36-. The third kappa shape index (κ3) is 40.6. The molecular formula is C81H139NO18. The van der Waals surface area contributed by atoms with Gasteiger partial charge in [0.1, 0.15) is 73.2 Å². The van der Waals surface area contributed by atoms with Crippen LogP contribution in [0.3, 0.4) is 0 Å². The highest BCUT2D eigenvalue weighted by Gasteiger charge is 2.54. The van der Waals surface area contributed by atoms with Crippen LogP contribution < -0.4 is 5.32 Å². The summed E-state index contributed by atoms with van der Waals surface area (Å²) in [6, 6.07) is -0.893. The Bertz CT molecular complexity index is 2230. The molecule has 19 nitrogen and oxygen atoms in total. The largest absolute Gasteiger partial charge is 0.394 e. The van der Waals surface area contributed by atoms with Gasteiger partial charge in [0.25, 0.3) is 0 Å². The zero-order valence-corrected chi connectivity index (χ0v) is 61.4. The van der Waals surface area contributed by atoms with E-state index in [1.807, 2.05) is 0 Å². The van der Waals surface area contributed by atoms with E-state index in [1.165, 1.54) is 122 Å². The second-order valence-corrected chi connectivity index (χ2v) is 27.4. The number of allylic oxidation sites excluding steroid dienone is 18. The van der Waals surface area contributed by atoms with E-state index in [4.69, 9.17) is 28.4 Å². The molecule has 576 valence electrons. The molecule has 12 N–H and O–H groups in total. The number of rotatable bonds is 60. The molecule has 3 heterocycles. The lowest BCUT2D eigenvalue weighted by atomic mass is 9.96. The molecule has 3 rings (SSSR count). The Morgan fingerprint density at radius 1 is 0.370 bits per heavy atom. The molecule has 3 fully saturated rings. The summed E-state index contributed by atoms with van der Waals surface area (Å²) in [6.07, 6.45) is 56.1. The third-order valence-corrected chi connectivity index (χ3v) is 18.9. The zero-order chi connectivity index (χ0) is 72.5. The van der Waals surface area contributed by atoms with Crippen LogP contribution in [0, 0.1) is 0 Å². The summed E-state index contributed by atoms with van der Waals surface area (Å²) in [5.74, 6) is -0.247. The molecule has 0 spiro atoms. The van der Waals surface area contributed by atoms with E-state index in [9.17, 15) is 61.0 Å². The zero-order valence-electron chi connectivity index (χ0n) is 61.4. The highest BCUT2D eigenvalue weighted by Crippen LogP contribution is 2.33. The Balaban J connectivity index is 1.30. The Labute approximate surface area is 602 Å². The summed E-state index contributed by atoms with van der Waals surface area (Å²) in [4.78, 5) is 13.5. The summed E-state index contributed by atoms with van der Waals surface area (Å²) < 4.78 is 34.4. The number of carbonyl (C=O) groups is 1. The first-order valence-electron chi connectivity index (χ1n) is 39.1. The maximum absolute atomic E-state index is 13.5. The minimum atomic E-state index is -1.98. The van der Waals surface area contributed by atoms with Crippen LogP contribution in [0.5, 0.6) is 0 Å². The number of carbonyl (C=O) groups excluding carboxylic acids is 1. The molecule has 19 heteroatoms. The van der Waals surface area contributed by atoms with E-state index < -0.39 is 124 Å². The normalized spacial score (nSPS) is 27.1. The van der Waals surface area contributed by atoms with Crippen LogP contribution in [-0.4, -0.2) is 193 Å². The average molecular weight is 1410 g/mol. The van der Waals surface area contributed by atoms with Crippen molar-refractivity contribution >= 4 is 5.91 Å². The van der Waals surface area contributed by atoms with Gasteiger partial charge in [-0.25, -0.2) is 0 Å². The van der Waals surface area contributed by atoms with Gasteiger partial charge in [0, 0.05) is 6.42 Å². The molecule has 3 aliphatic heterocycles. The Kier molecular flexibility index (Phi) is 55.0. The molecule has 0 saturated carbocycles. The van der Waals surface area contributed by atoms with Crippen LogP contribution in [0.15, 0.2) is 109 Å². The second kappa shape index (κ2) is 60.7. The van der Waals surface area contributed by atoms with Crippen molar-refractivity contribution in [2.24, 2.45) is 0 Å². The molecule has 0 aliphatic carbocycles. The number of ether oxygens (including phenoxy) is 6. The van der Waals surface area contributed by atoms with Crippen molar-refractivity contribution in [1.29, 1.82) is 0 Å². The van der Waals surface area contributed by atoms with Crippen LogP contribution >= 0.6 is 0 Å². The van der Waals surface area contributed by atoms with Crippen molar-refractivity contribution in [2.45, 2.75) is 369 Å². The maximum Gasteiger partial charge on any atom is 0.220 e. The second-order valence-electron chi connectivity index (χ2n) is 27.4. The van der Waals surface area contributed by atoms with E-state index in [-0.39, 0.29) is 18.9 Å². The smallest absolute Gasteiger partial charge is 0.220 e. The number of nitrogens with one attached hydrogen (secondary N) is 1. The fraction of sp³-hybridized carbons (Fsp3) is 0.765. The summed E-state index contributed by atoms with van der Waals surface area (Å²) in [7, 11) is 0. The molecule has 0 aromatic carbocycles. The van der Waals surface area contributed by atoms with E-state index in [0.29, 0.717) is 12.8 Å². The predicted octanol–water partition coefficient (Wildman–Crippen LogP) is 12.6. The van der Waals surface area contributed by atoms with Crippen LogP contribution in [0.4, 0.5) is 0 Å². The van der Waals surface area contributed by atoms with Crippen LogP contribution in [0.25, 0.3) is 0 Å². The highest BCUT2D eigenvalue weighted by molar-refractivity contribution is 5.76. The number of amides is 1. The van der Waals surface area contributed by atoms with Gasteiger partial charge in [-0.05, 0) is 83.5 Å². The van der Waals surface area contributed by atoms with Crippen molar-refractivity contribution in [1.82, 2.24) is 5.32 Å². The van der Waals surface area contributed by atoms with Gasteiger partial charge in [0.15, 0.2) is 18.9 Å². The monoisotopic (exact) mass is 1410 g/mol. The predicted molar refractivity (Wildman–Crippen MR) is 397 cm³/mol. The highest BCUT2D eigenvalue weighted by atomic mass is 16.8. The molecule has 3 saturated heterocycles. The van der Waals surface area contributed by atoms with Gasteiger partial charge in [-0.15, -0.1) is 0 Å². The lowest BCUT2D eigenvalue weighted by Gasteiger charge is -2.48. The van der Waals surface area contributed by atoms with Gasteiger partial charge >= 0.3 is 0 Å². The Morgan fingerprint density at radius 3 is 1.08 bits per heavy atom. The molecule has 0 aromatic heterocycles. The molecule has 0 bridgehead atoms. The van der Waals surface area contributed by atoms with Crippen LogP contribution in [-0.2, 0) is 33.2 Å². The van der Waals surface area contributed by atoms with E-state index >= 15 is 0 Å². The van der Waals surface area contributed by atoms with Crippen molar-refractivity contribution < 1.29 is 89.4 Å². The van der Waals surface area contributed by atoms with Gasteiger partial charge in [-0.2, -0.15) is 0 Å². The van der Waals surface area contributed by atoms with Gasteiger partial charge in [0.05, 0.1) is 38.6 Å². The maximum atomic E-state index is 13.5. The molecule has 100 heavy (non-hydrogen) atoms. The number of hydrogen-bond acceptors (Lipinski definition) is 18. The lowest BCUT2D eigenvalue weighted by molar-refractivity contribution is -0.379. The van der Waals surface area contributed by atoms with Crippen molar-refractivity contribution in [2.75, 3.05) is 26.4 Å². The lowest BCUT2D eigenvalue weighted by Crippen LogP contribution is -2.66. The van der Waals surface area contributed by atoms with Crippen LogP contribution in [0.1, 0.15) is 264 Å². The number of aliphatic hydroxyl groups excluding tert-OH is 11. The minimum Gasteiger partial charge on any atom is -0.394 e. The van der Waals surface area contributed by atoms with E-state index in [2.05, 4.69) is 129 Å². The summed E-state index contributed by atoms with van der Waals surface area (Å²) in [5, 5.41) is 121. The molecular weight excluding hydrogens is 1270 g/mol. The fourth-order valence-electron chi connectivity index (χ4n) is 12.6. The first-order valence-corrected chi connectivity index (χ1v) is 39.1. The van der Waals surface area contributed by atoms with Gasteiger partial charge in [-0.1, -0.05) is 284 Å². The molecule has 17 unspecified atom stereocenters. The Morgan fingerprint density at radius 2 is 0.690 bits per heavy atom. The number of unbranched alkanes of at least 4 members (excludes halogenated alkanes) is 26. The van der Waals surface area contributed by atoms with Crippen molar-refractivity contribution in [3.8, 4) is 0 Å². The van der Waals surface area contributed by atoms with E-state index in [0.717, 1.165) is 109 Å². The van der Waals surface area contributed by atoms with Crippen LogP contribution in [0.2, 0.25) is 0 Å². The minimum absolute atomic E-state index is 0.247. The summed E-state index contributed by atoms with van der Waals surface area (Å²) in [5.41, 5.74) is 0. The number of hydrogen-bond donors (Lipinski definition) is 12. The Hall–Kier alpha value is -3.55. The molecule has 0 radical (unpaired) electrons. The van der Waals surface area contributed by atoms with Gasteiger partial charge in [-0.3, -0.25) is 4.79 Å². The van der Waals surface area contributed by atoms with Crippen molar-refractivity contribution in [3.63, 3.8) is 0 Å². The molecule has 3 aliphatic rings. The average Bonchev–Trinajstić information content (AvgIpc) is 0.783. The quantitative estimate of drug-likeness (QED) is 0.0199. The fourth-order valence-corrected chi connectivity index (χ4v) is 12.6. The van der Waals surface area contributed by atoms with E-state index in [1.54, 1.807) is 0 Å². The summed E-state index contributed by atoms with van der Waals surface area (Å²) >= 11 is 0. The molecule has 1 amide bonds.